The van der Waals surface area contributed by atoms with Crippen LogP contribution in [-0.2, 0) is 17.8 Å². The number of thiazole rings is 1. The first-order valence-corrected chi connectivity index (χ1v) is 10.7. The van der Waals surface area contributed by atoms with E-state index < -0.39 is 0 Å². The Hall–Kier alpha value is -1.76. The van der Waals surface area contributed by atoms with Crippen molar-refractivity contribution >= 4 is 17.2 Å². The zero-order chi connectivity index (χ0) is 19.2. The maximum absolute atomic E-state index is 12.3. The molecule has 1 aliphatic rings. The van der Waals surface area contributed by atoms with E-state index in [-0.39, 0.29) is 5.91 Å². The topological polar surface area (TPSA) is 39.7 Å². The average molecular weight is 387 g/mol. The summed E-state index contributed by atoms with van der Waals surface area (Å²) < 4.78 is 0. The van der Waals surface area contributed by atoms with Crippen molar-refractivity contribution in [3.8, 4) is 10.6 Å². The summed E-state index contributed by atoms with van der Waals surface area (Å²) in [5.74, 6) is 0.152. The van der Waals surface area contributed by atoms with Gasteiger partial charge in [-0.05, 0) is 26.5 Å². The quantitative estimate of drug-likeness (QED) is 0.733. The van der Waals surface area contributed by atoms with E-state index in [1.54, 1.807) is 11.3 Å². The summed E-state index contributed by atoms with van der Waals surface area (Å²) in [6.07, 6.45) is 0.389. The van der Waals surface area contributed by atoms with E-state index in [0.29, 0.717) is 6.42 Å². The Bertz CT molecular complexity index is 731. The second kappa shape index (κ2) is 9.44. The van der Waals surface area contributed by atoms with Gasteiger partial charge in [-0.2, -0.15) is 0 Å². The Morgan fingerprint density at radius 1 is 1.11 bits per heavy atom. The lowest BCUT2D eigenvalue weighted by molar-refractivity contribution is -0.130. The van der Waals surface area contributed by atoms with Crippen LogP contribution in [0.4, 0.5) is 0 Å². The van der Waals surface area contributed by atoms with Gasteiger partial charge in [0.25, 0.3) is 0 Å². The predicted octanol–water partition coefficient (Wildman–Crippen LogP) is 2.97. The minimum atomic E-state index is 0.152. The van der Waals surface area contributed by atoms with Gasteiger partial charge in [0.15, 0.2) is 0 Å². The molecule has 1 aliphatic heterocycles. The highest BCUT2D eigenvalue weighted by atomic mass is 32.1. The van der Waals surface area contributed by atoms with Gasteiger partial charge in [-0.3, -0.25) is 9.69 Å². The number of benzene rings is 1. The highest BCUT2D eigenvalue weighted by Gasteiger charge is 2.15. The van der Waals surface area contributed by atoms with Crippen molar-refractivity contribution in [3.05, 3.63) is 40.9 Å². The molecule has 6 heteroatoms. The standard InChI is InChI=1S/C21H30N4OS/c1-4-25(5-2)20(26)14-19-16-27-21(22-19)18-8-6-17(7-9-18)15-24-12-10-23(3)11-13-24/h6-9,16H,4-5,10-15H2,1-3H3. The molecule has 3 rings (SSSR count). The molecule has 27 heavy (non-hydrogen) atoms. The van der Waals surface area contributed by atoms with Crippen molar-refractivity contribution in [2.75, 3.05) is 46.3 Å². The second-order valence-corrected chi connectivity index (χ2v) is 8.02. The molecular formula is C21H30N4OS. The van der Waals surface area contributed by atoms with Crippen LogP contribution >= 0.6 is 11.3 Å². The van der Waals surface area contributed by atoms with Gasteiger partial charge in [-0.1, -0.05) is 24.3 Å². The molecular weight excluding hydrogens is 356 g/mol. The maximum Gasteiger partial charge on any atom is 0.228 e. The summed E-state index contributed by atoms with van der Waals surface area (Å²) in [4.78, 5) is 23.7. The van der Waals surface area contributed by atoms with Crippen LogP contribution in [0, 0.1) is 0 Å². The van der Waals surface area contributed by atoms with Gasteiger partial charge in [-0.15, -0.1) is 11.3 Å². The first-order valence-electron chi connectivity index (χ1n) is 9.81. The van der Waals surface area contributed by atoms with Crippen LogP contribution in [0.1, 0.15) is 25.1 Å². The summed E-state index contributed by atoms with van der Waals surface area (Å²) in [5, 5.41) is 3.00. The number of rotatable bonds is 7. The SMILES string of the molecule is CCN(CC)C(=O)Cc1csc(-c2ccc(CN3CCN(C)CC3)cc2)n1. The molecule has 1 aromatic heterocycles. The van der Waals surface area contributed by atoms with Gasteiger partial charge in [0.2, 0.25) is 5.91 Å². The number of amides is 1. The Balaban J connectivity index is 1.59. The van der Waals surface area contributed by atoms with Crippen LogP contribution in [0.5, 0.6) is 0 Å². The largest absolute Gasteiger partial charge is 0.343 e. The molecule has 0 atom stereocenters. The minimum Gasteiger partial charge on any atom is -0.343 e. The number of carbonyl (C=O) groups is 1. The molecule has 5 nitrogen and oxygen atoms in total. The van der Waals surface area contributed by atoms with E-state index in [1.807, 2.05) is 24.1 Å². The van der Waals surface area contributed by atoms with Gasteiger partial charge in [0.1, 0.15) is 5.01 Å². The van der Waals surface area contributed by atoms with Gasteiger partial charge < -0.3 is 9.80 Å². The van der Waals surface area contributed by atoms with E-state index in [9.17, 15) is 4.79 Å². The first kappa shape index (κ1) is 20.0. The van der Waals surface area contributed by atoms with E-state index in [1.165, 1.54) is 5.56 Å². The molecule has 0 aliphatic carbocycles. The Morgan fingerprint density at radius 3 is 2.41 bits per heavy atom. The number of likely N-dealkylation sites (N-methyl/N-ethyl adjacent to an activating group) is 2. The van der Waals surface area contributed by atoms with E-state index in [0.717, 1.165) is 62.1 Å². The highest BCUT2D eigenvalue weighted by Crippen LogP contribution is 2.25. The molecule has 0 bridgehead atoms. The van der Waals surface area contributed by atoms with Crippen LogP contribution in [0.25, 0.3) is 10.6 Å². The lowest BCUT2D eigenvalue weighted by atomic mass is 10.1. The van der Waals surface area contributed by atoms with E-state index in [2.05, 4.69) is 46.1 Å². The van der Waals surface area contributed by atoms with Crippen molar-refractivity contribution in [2.24, 2.45) is 0 Å². The zero-order valence-corrected chi connectivity index (χ0v) is 17.5. The first-order chi connectivity index (χ1) is 13.1. The van der Waals surface area contributed by atoms with Gasteiger partial charge >= 0.3 is 0 Å². The average Bonchev–Trinajstić information content (AvgIpc) is 3.13. The summed E-state index contributed by atoms with van der Waals surface area (Å²) in [5.41, 5.74) is 3.34. The van der Waals surface area contributed by atoms with Crippen LogP contribution in [0.3, 0.4) is 0 Å². The number of nitrogens with zero attached hydrogens (tertiary/aromatic N) is 4. The molecule has 0 N–H and O–H groups in total. The Labute approximate surface area is 166 Å². The monoisotopic (exact) mass is 386 g/mol. The molecule has 0 spiro atoms. The van der Waals surface area contributed by atoms with Crippen molar-refractivity contribution in [2.45, 2.75) is 26.8 Å². The third-order valence-electron chi connectivity index (χ3n) is 5.20. The third-order valence-corrected chi connectivity index (χ3v) is 6.14. The number of carbonyl (C=O) groups excluding carboxylic acids is 1. The highest BCUT2D eigenvalue weighted by molar-refractivity contribution is 7.13. The third kappa shape index (κ3) is 5.37. The van der Waals surface area contributed by atoms with Gasteiger partial charge in [-0.25, -0.2) is 4.98 Å². The molecule has 1 saturated heterocycles. The number of piperazine rings is 1. The molecule has 1 fully saturated rings. The van der Waals surface area contributed by atoms with Crippen molar-refractivity contribution in [3.63, 3.8) is 0 Å². The van der Waals surface area contributed by atoms with Crippen LogP contribution in [0.15, 0.2) is 29.6 Å². The molecule has 2 aromatic rings. The van der Waals surface area contributed by atoms with Gasteiger partial charge in [0, 0.05) is 56.8 Å². The number of hydrogen-bond donors (Lipinski definition) is 0. The van der Waals surface area contributed by atoms with Crippen LogP contribution in [0.2, 0.25) is 0 Å². The smallest absolute Gasteiger partial charge is 0.228 e. The van der Waals surface area contributed by atoms with E-state index in [4.69, 9.17) is 0 Å². The molecule has 1 aromatic carbocycles. The van der Waals surface area contributed by atoms with Crippen LogP contribution < -0.4 is 0 Å². The molecule has 0 radical (unpaired) electrons. The van der Waals surface area contributed by atoms with Crippen molar-refractivity contribution in [1.82, 2.24) is 19.7 Å². The lowest BCUT2D eigenvalue weighted by Gasteiger charge is -2.32. The second-order valence-electron chi connectivity index (χ2n) is 7.16. The van der Waals surface area contributed by atoms with Gasteiger partial charge in [0.05, 0.1) is 12.1 Å². The van der Waals surface area contributed by atoms with Crippen molar-refractivity contribution in [1.29, 1.82) is 0 Å². The normalized spacial score (nSPS) is 15.8. The van der Waals surface area contributed by atoms with Crippen LogP contribution in [-0.4, -0.2) is 71.9 Å². The van der Waals surface area contributed by atoms with E-state index >= 15 is 0 Å². The molecule has 2 heterocycles. The number of hydrogen-bond acceptors (Lipinski definition) is 5. The zero-order valence-electron chi connectivity index (χ0n) is 16.6. The van der Waals surface area contributed by atoms with Crippen molar-refractivity contribution < 1.29 is 4.79 Å². The summed E-state index contributed by atoms with van der Waals surface area (Å²) in [7, 11) is 2.18. The summed E-state index contributed by atoms with van der Waals surface area (Å²) in [6.45, 7) is 11.1. The molecule has 1 amide bonds. The fourth-order valence-electron chi connectivity index (χ4n) is 3.38. The fraction of sp³-hybridized carbons (Fsp3) is 0.524. The maximum atomic E-state index is 12.3. The lowest BCUT2D eigenvalue weighted by Crippen LogP contribution is -2.43. The molecule has 0 saturated carbocycles. The summed E-state index contributed by atoms with van der Waals surface area (Å²) in [6, 6.07) is 8.71. The Morgan fingerprint density at radius 2 is 1.78 bits per heavy atom. The predicted molar refractivity (Wildman–Crippen MR) is 112 cm³/mol. The summed E-state index contributed by atoms with van der Waals surface area (Å²) >= 11 is 1.62. The minimum absolute atomic E-state index is 0.152. The molecule has 0 unspecified atom stereocenters. The molecule has 146 valence electrons. The fourth-order valence-corrected chi connectivity index (χ4v) is 4.21. The number of aromatic nitrogens is 1. The Kier molecular flexibility index (Phi) is 6.99.